The molecule has 0 saturated carbocycles. The number of hydrogen-bond acceptors (Lipinski definition) is 6. The summed E-state index contributed by atoms with van der Waals surface area (Å²) in [7, 11) is -2.59. The molecule has 1 fully saturated rings. The minimum absolute atomic E-state index is 0.236. The summed E-state index contributed by atoms with van der Waals surface area (Å²) in [4.78, 5) is 10.00. The lowest BCUT2D eigenvalue weighted by Crippen LogP contribution is -2.45. The van der Waals surface area contributed by atoms with Crippen LogP contribution < -0.4 is 14.8 Å². The van der Waals surface area contributed by atoms with E-state index in [9.17, 15) is 18.5 Å². The van der Waals surface area contributed by atoms with E-state index in [1.54, 1.807) is 0 Å². The van der Waals surface area contributed by atoms with Crippen LogP contribution in [0, 0.1) is 10.1 Å². The number of ether oxygens (including phenoxy) is 1. The highest BCUT2D eigenvalue weighted by atomic mass is 32.2. The highest BCUT2D eigenvalue weighted by Gasteiger charge is 2.29. The second kappa shape index (κ2) is 6.37. The summed E-state index contributed by atoms with van der Waals surface area (Å²) in [5.74, 6) is 0.236. The second-order valence-corrected chi connectivity index (χ2v) is 6.44. The van der Waals surface area contributed by atoms with Crippen LogP contribution in [0.1, 0.15) is 12.8 Å². The van der Waals surface area contributed by atoms with Crippen molar-refractivity contribution in [3.05, 3.63) is 28.3 Å². The Hall–Kier alpha value is -1.71. The van der Waals surface area contributed by atoms with Crippen molar-refractivity contribution < 1.29 is 18.1 Å². The summed E-state index contributed by atoms with van der Waals surface area (Å²) in [6.07, 6.45) is 1.56. The fourth-order valence-corrected chi connectivity index (χ4v) is 3.65. The standard InChI is InChI=1S/C12H17N3O5S/c1-20-10-4-5-12(11(7-10)15(16)17)21(18,19)14-9-3-2-6-13-8-9/h4-5,7,9,13-14H,2-3,6,8H2,1H3/t9-/m1/s1. The first-order valence-corrected chi connectivity index (χ1v) is 7.98. The van der Waals surface area contributed by atoms with Crippen LogP contribution >= 0.6 is 0 Å². The van der Waals surface area contributed by atoms with Crippen LogP contribution in [0.2, 0.25) is 0 Å². The molecule has 0 bridgehead atoms. The summed E-state index contributed by atoms with van der Waals surface area (Å²) >= 11 is 0. The topological polar surface area (TPSA) is 111 Å². The molecule has 0 amide bonds. The van der Waals surface area contributed by atoms with Gasteiger partial charge in [0.05, 0.1) is 18.1 Å². The largest absolute Gasteiger partial charge is 0.497 e. The number of rotatable bonds is 5. The average molecular weight is 315 g/mol. The molecule has 2 N–H and O–H groups in total. The van der Waals surface area contributed by atoms with Crippen LogP contribution in [0.15, 0.2) is 23.1 Å². The van der Waals surface area contributed by atoms with Gasteiger partial charge in [-0.2, -0.15) is 0 Å². The minimum atomic E-state index is -3.95. The third kappa shape index (κ3) is 3.69. The molecule has 1 saturated heterocycles. The zero-order chi connectivity index (χ0) is 15.5. The minimum Gasteiger partial charge on any atom is -0.497 e. The average Bonchev–Trinajstić information content (AvgIpc) is 2.47. The quantitative estimate of drug-likeness (QED) is 0.609. The van der Waals surface area contributed by atoms with Crippen molar-refractivity contribution in [1.82, 2.24) is 10.0 Å². The van der Waals surface area contributed by atoms with E-state index in [4.69, 9.17) is 4.74 Å². The molecule has 8 nitrogen and oxygen atoms in total. The van der Waals surface area contributed by atoms with Gasteiger partial charge in [0, 0.05) is 12.6 Å². The van der Waals surface area contributed by atoms with Crippen LogP contribution in [0.25, 0.3) is 0 Å². The van der Waals surface area contributed by atoms with Gasteiger partial charge in [0.2, 0.25) is 10.0 Å². The van der Waals surface area contributed by atoms with Crippen molar-refractivity contribution in [3.63, 3.8) is 0 Å². The van der Waals surface area contributed by atoms with E-state index in [1.807, 2.05) is 0 Å². The van der Waals surface area contributed by atoms with Crippen molar-refractivity contribution >= 4 is 15.7 Å². The number of hydrogen-bond donors (Lipinski definition) is 2. The molecule has 1 atom stereocenters. The van der Waals surface area contributed by atoms with E-state index in [0.717, 1.165) is 19.0 Å². The summed E-state index contributed by atoms with van der Waals surface area (Å²) in [6, 6.07) is 3.43. The predicted molar refractivity (Wildman–Crippen MR) is 75.9 cm³/mol. The van der Waals surface area contributed by atoms with Gasteiger partial charge < -0.3 is 10.1 Å². The van der Waals surface area contributed by atoms with Gasteiger partial charge in [-0.05, 0) is 31.5 Å². The third-order valence-corrected chi connectivity index (χ3v) is 4.84. The molecule has 21 heavy (non-hydrogen) atoms. The van der Waals surface area contributed by atoms with E-state index in [2.05, 4.69) is 10.0 Å². The molecule has 1 heterocycles. The first-order valence-electron chi connectivity index (χ1n) is 6.49. The molecule has 9 heteroatoms. The first-order chi connectivity index (χ1) is 9.94. The fourth-order valence-electron chi connectivity index (χ4n) is 2.23. The van der Waals surface area contributed by atoms with E-state index in [1.165, 1.54) is 19.2 Å². The SMILES string of the molecule is COc1ccc(S(=O)(=O)N[C@@H]2CCCNC2)c([N+](=O)[O-])c1. The molecule has 116 valence electrons. The van der Waals surface area contributed by atoms with Gasteiger partial charge in [0.1, 0.15) is 5.75 Å². The number of piperidine rings is 1. The lowest BCUT2D eigenvalue weighted by molar-refractivity contribution is -0.387. The van der Waals surface area contributed by atoms with Gasteiger partial charge in [-0.15, -0.1) is 0 Å². The normalized spacial score (nSPS) is 19.2. The van der Waals surface area contributed by atoms with Crippen molar-refractivity contribution in [2.45, 2.75) is 23.8 Å². The summed E-state index contributed by atoms with van der Waals surface area (Å²) in [6.45, 7) is 1.37. The molecule has 0 aliphatic carbocycles. The monoisotopic (exact) mass is 315 g/mol. The molecule has 0 aromatic heterocycles. The van der Waals surface area contributed by atoms with Crippen LogP contribution in [0.4, 0.5) is 5.69 Å². The predicted octanol–water partition coefficient (Wildman–Crippen LogP) is 0.634. The van der Waals surface area contributed by atoms with Crippen molar-refractivity contribution in [3.8, 4) is 5.75 Å². The molecule has 0 unspecified atom stereocenters. The Kier molecular flexibility index (Phi) is 4.76. The molecule has 1 aromatic rings. The zero-order valence-corrected chi connectivity index (χ0v) is 12.4. The Balaban J connectivity index is 2.32. The Bertz CT molecular complexity index is 626. The number of benzene rings is 1. The Labute approximate surface area is 122 Å². The molecular weight excluding hydrogens is 298 g/mol. The van der Waals surface area contributed by atoms with Crippen LogP contribution in [-0.4, -0.2) is 39.6 Å². The fraction of sp³-hybridized carbons (Fsp3) is 0.500. The summed E-state index contributed by atoms with van der Waals surface area (Å²) in [5, 5.41) is 14.2. The molecule has 0 spiro atoms. The number of methoxy groups -OCH3 is 1. The van der Waals surface area contributed by atoms with E-state index < -0.39 is 20.6 Å². The van der Waals surface area contributed by atoms with Gasteiger partial charge in [-0.1, -0.05) is 0 Å². The van der Waals surface area contributed by atoms with E-state index in [0.29, 0.717) is 13.0 Å². The highest BCUT2D eigenvalue weighted by molar-refractivity contribution is 7.89. The molecule has 0 radical (unpaired) electrons. The lowest BCUT2D eigenvalue weighted by atomic mass is 10.1. The zero-order valence-electron chi connectivity index (χ0n) is 11.5. The Morgan fingerprint density at radius 3 is 2.81 bits per heavy atom. The summed E-state index contributed by atoms with van der Waals surface area (Å²) in [5.41, 5.74) is -0.495. The number of nitrogens with zero attached hydrogens (tertiary/aromatic N) is 1. The molecule has 1 aromatic carbocycles. The Morgan fingerprint density at radius 2 is 2.24 bits per heavy atom. The van der Waals surface area contributed by atoms with Crippen molar-refractivity contribution in [2.75, 3.05) is 20.2 Å². The number of sulfonamides is 1. The maximum atomic E-state index is 12.3. The maximum Gasteiger partial charge on any atom is 0.293 e. The molecular formula is C12H17N3O5S. The molecule has 1 aliphatic rings. The number of nitrogens with one attached hydrogen (secondary N) is 2. The van der Waals surface area contributed by atoms with E-state index in [-0.39, 0.29) is 16.7 Å². The van der Waals surface area contributed by atoms with Gasteiger partial charge in [0.25, 0.3) is 5.69 Å². The van der Waals surface area contributed by atoms with Gasteiger partial charge in [-0.25, -0.2) is 13.1 Å². The van der Waals surface area contributed by atoms with Crippen molar-refractivity contribution in [2.24, 2.45) is 0 Å². The highest BCUT2D eigenvalue weighted by Crippen LogP contribution is 2.28. The molecule has 1 aliphatic heterocycles. The van der Waals surface area contributed by atoms with Crippen LogP contribution in [0.3, 0.4) is 0 Å². The van der Waals surface area contributed by atoms with Crippen LogP contribution in [0.5, 0.6) is 5.75 Å². The van der Waals surface area contributed by atoms with Crippen molar-refractivity contribution in [1.29, 1.82) is 0 Å². The van der Waals surface area contributed by atoms with E-state index >= 15 is 0 Å². The number of nitro benzene ring substituents is 1. The number of nitro groups is 1. The second-order valence-electron chi connectivity index (χ2n) is 4.76. The maximum absolute atomic E-state index is 12.3. The van der Waals surface area contributed by atoms with Gasteiger partial charge >= 0.3 is 0 Å². The third-order valence-electron chi connectivity index (χ3n) is 3.27. The van der Waals surface area contributed by atoms with Gasteiger partial charge in [0.15, 0.2) is 4.90 Å². The molecule has 2 rings (SSSR count). The van der Waals surface area contributed by atoms with Gasteiger partial charge in [-0.3, -0.25) is 10.1 Å². The smallest absolute Gasteiger partial charge is 0.293 e. The Morgan fingerprint density at radius 1 is 1.48 bits per heavy atom. The first kappa shape index (κ1) is 15.7. The lowest BCUT2D eigenvalue weighted by Gasteiger charge is -2.23. The summed E-state index contributed by atoms with van der Waals surface area (Å²) < 4.78 is 32.1. The van der Waals surface area contributed by atoms with Crippen LogP contribution in [-0.2, 0) is 10.0 Å².